The minimum absolute atomic E-state index is 0. The number of hydrogen-bond donors (Lipinski definition) is 0. The van der Waals surface area contributed by atoms with E-state index < -0.39 is 15.3 Å². The molecule has 0 spiro atoms. The van der Waals surface area contributed by atoms with Gasteiger partial charge in [0.1, 0.15) is 6.08 Å². The van der Waals surface area contributed by atoms with Gasteiger partial charge in [0, 0.05) is 6.08 Å². The summed E-state index contributed by atoms with van der Waals surface area (Å²) in [5.74, 6) is 0. The van der Waals surface area contributed by atoms with E-state index >= 15 is 0 Å². The molecule has 0 radical (unpaired) electrons. The van der Waals surface area contributed by atoms with E-state index in [0.717, 1.165) is 0 Å². The van der Waals surface area contributed by atoms with Crippen LogP contribution >= 0.6 is 10.6 Å². The van der Waals surface area contributed by atoms with Crippen molar-refractivity contribution >= 4 is 10.6 Å². The van der Waals surface area contributed by atoms with Gasteiger partial charge in [-0.2, -0.15) is 0 Å². The Morgan fingerprint density at radius 2 is 1.86 bits per heavy atom. The first-order chi connectivity index (χ1) is 5.86. The SMILES string of the molecule is CC(C)(C)S([O-])([O-])C1=CC=CC=[C+]1.[H+].[Li+]. The van der Waals surface area contributed by atoms with Gasteiger partial charge in [-0.15, -0.1) is 0 Å². The van der Waals surface area contributed by atoms with Gasteiger partial charge in [0.05, 0.1) is 18.2 Å². The van der Waals surface area contributed by atoms with Crippen LogP contribution in [0.2, 0.25) is 0 Å². The molecule has 0 N–H and O–H groups in total. The largest absolute Gasteiger partial charge is 1.00 e. The summed E-state index contributed by atoms with van der Waals surface area (Å²) in [4.78, 5) is 0.266. The third kappa shape index (κ3) is 2.74. The predicted octanol–water partition coefficient (Wildman–Crippen LogP) is -0.220. The molecule has 0 atom stereocenters. The van der Waals surface area contributed by atoms with Gasteiger partial charge in [0.25, 0.3) is 0 Å². The van der Waals surface area contributed by atoms with Crippen LogP contribution in [0.25, 0.3) is 0 Å². The fraction of sp³-hybridized carbons (Fsp3) is 0.400. The predicted molar refractivity (Wildman–Crippen MR) is 55.0 cm³/mol. The third-order valence-electron chi connectivity index (χ3n) is 1.78. The number of rotatable bonds is 1. The summed E-state index contributed by atoms with van der Waals surface area (Å²) in [6.45, 7) is 5.05. The van der Waals surface area contributed by atoms with Crippen molar-refractivity contribution in [3.05, 3.63) is 35.3 Å². The van der Waals surface area contributed by atoms with E-state index in [-0.39, 0.29) is 25.2 Å². The first-order valence-corrected chi connectivity index (χ1v) is 5.55. The van der Waals surface area contributed by atoms with Gasteiger partial charge >= 0.3 is 20.3 Å². The summed E-state index contributed by atoms with van der Waals surface area (Å²) in [7, 11) is -3.23. The molecular formula is C10H14LiO2S+. The molecule has 1 aliphatic carbocycles. The Bertz CT molecular complexity index is 290. The Morgan fingerprint density at radius 3 is 2.21 bits per heavy atom. The molecule has 1 aliphatic rings. The first-order valence-electron chi connectivity index (χ1n) is 4.07. The molecule has 2 nitrogen and oxygen atoms in total. The molecule has 0 saturated heterocycles. The molecule has 0 heterocycles. The molecule has 1 rings (SSSR count). The Balaban J connectivity index is 0. The van der Waals surface area contributed by atoms with Crippen LogP contribution in [0.4, 0.5) is 0 Å². The maximum Gasteiger partial charge on any atom is 1.00 e. The second-order valence-corrected chi connectivity index (χ2v) is 6.51. The molecule has 0 bridgehead atoms. The van der Waals surface area contributed by atoms with E-state index in [1.165, 1.54) is 0 Å². The molecule has 0 saturated carbocycles. The minimum Gasteiger partial charge on any atom is -0.794 e. The van der Waals surface area contributed by atoms with E-state index in [4.69, 9.17) is 0 Å². The van der Waals surface area contributed by atoms with Gasteiger partial charge < -0.3 is 19.7 Å². The van der Waals surface area contributed by atoms with E-state index in [9.17, 15) is 9.11 Å². The van der Waals surface area contributed by atoms with E-state index in [1.54, 1.807) is 45.1 Å². The molecule has 0 aromatic heterocycles. The van der Waals surface area contributed by atoms with Crippen LogP contribution in [0.15, 0.2) is 29.2 Å². The Kier molecular flexibility index (Phi) is 4.68. The van der Waals surface area contributed by atoms with Crippen LogP contribution < -0.4 is 18.9 Å². The fourth-order valence-electron chi connectivity index (χ4n) is 0.874. The van der Waals surface area contributed by atoms with E-state index in [0.29, 0.717) is 0 Å². The van der Waals surface area contributed by atoms with Gasteiger partial charge in [-0.25, -0.2) is 0 Å². The van der Waals surface area contributed by atoms with Crippen LogP contribution in [0.3, 0.4) is 0 Å². The number of allylic oxidation sites excluding steroid dienone is 5. The molecule has 14 heavy (non-hydrogen) atoms. The van der Waals surface area contributed by atoms with Crippen molar-refractivity contribution in [3.63, 3.8) is 0 Å². The van der Waals surface area contributed by atoms with Crippen molar-refractivity contribution in [2.45, 2.75) is 25.5 Å². The standard InChI is InChI=1S/C10H14O2S.Li/c1-10(2,3)13(11,12)9-7-5-4-6-8-9;/h4-7H,1-3H3,(H-,11,12);/q;+1. The van der Waals surface area contributed by atoms with Crippen molar-refractivity contribution in [3.8, 4) is 0 Å². The summed E-state index contributed by atoms with van der Waals surface area (Å²) < 4.78 is 22.9. The van der Waals surface area contributed by atoms with Crippen molar-refractivity contribution in [2.75, 3.05) is 0 Å². The summed E-state index contributed by atoms with van der Waals surface area (Å²) in [5, 5.41) is 0. The first kappa shape index (κ1) is 14.0. The van der Waals surface area contributed by atoms with Crippen LogP contribution in [-0.2, 0) is 0 Å². The van der Waals surface area contributed by atoms with Gasteiger partial charge in [-0.3, -0.25) is 0 Å². The molecule has 0 unspecified atom stereocenters. The summed E-state index contributed by atoms with van der Waals surface area (Å²) in [6.07, 6.45) is 9.36. The molecular weight excluding hydrogens is 191 g/mol. The quantitative estimate of drug-likeness (QED) is 0.439. The molecule has 0 aromatic rings. The number of hydrogen-bond acceptors (Lipinski definition) is 2. The van der Waals surface area contributed by atoms with Gasteiger partial charge in [0.2, 0.25) is 0 Å². The topological polar surface area (TPSA) is 46.1 Å². The van der Waals surface area contributed by atoms with Crippen molar-refractivity contribution < 1.29 is 29.4 Å². The minimum atomic E-state index is -3.23. The van der Waals surface area contributed by atoms with Gasteiger partial charge in [-0.05, 0) is 25.5 Å². The number of sulfone groups is 1. The van der Waals surface area contributed by atoms with Crippen molar-refractivity contribution in [1.82, 2.24) is 0 Å². The smallest absolute Gasteiger partial charge is 0.794 e. The molecule has 4 heteroatoms. The maximum atomic E-state index is 11.8. The monoisotopic (exact) mass is 205 g/mol. The van der Waals surface area contributed by atoms with Gasteiger partial charge in [-0.1, -0.05) is 0 Å². The van der Waals surface area contributed by atoms with Crippen molar-refractivity contribution in [2.24, 2.45) is 0 Å². The molecule has 0 aliphatic heterocycles. The van der Waals surface area contributed by atoms with Gasteiger partial charge in [0.15, 0.2) is 4.91 Å². The maximum absolute atomic E-state index is 11.8. The Labute approximate surface area is 101 Å². The summed E-state index contributed by atoms with van der Waals surface area (Å²) in [5.41, 5.74) is 0. The summed E-state index contributed by atoms with van der Waals surface area (Å²) >= 11 is 0. The van der Waals surface area contributed by atoms with Crippen LogP contribution in [0.1, 0.15) is 22.2 Å². The fourth-order valence-corrected chi connectivity index (χ4v) is 2.01. The van der Waals surface area contributed by atoms with Crippen LogP contribution in [0.5, 0.6) is 0 Å². The zero-order valence-electron chi connectivity index (χ0n) is 10.0. The molecule has 0 fully saturated rings. The van der Waals surface area contributed by atoms with E-state index in [2.05, 4.69) is 6.08 Å². The van der Waals surface area contributed by atoms with E-state index in [1.807, 2.05) is 0 Å². The average Bonchev–Trinajstić information content (AvgIpc) is 2.04. The second-order valence-electron chi connectivity index (χ2n) is 3.84. The average molecular weight is 205 g/mol. The zero-order chi connectivity index (χ0) is 10.1. The Hall–Kier alpha value is -0.00260. The molecule has 72 valence electrons. The van der Waals surface area contributed by atoms with Crippen molar-refractivity contribution in [1.29, 1.82) is 0 Å². The van der Waals surface area contributed by atoms with Crippen LogP contribution in [0, 0.1) is 6.08 Å². The Morgan fingerprint density at radius 1 is 1.29 bits per heavy atom. The molecule has 0 amide bonds. The van der Waals surface area contributed by atoms with Crippen LogP contribution in [-0.4, -0.2) is 13.9 Å². The second kappa shape index (κ2) is 4.68. The normalized spacial score (nSPS) is 16.8. The molecule has 0 aromatic carbocycles. The summed E-state index contributed by atoms with van der Waals surface area (Å²) in [6, 6.07) is 0. The third-order valence-corrected chi connectivity index (χ3v) is 4.22. The zero-order valence-corrected chi connectivity index (χ0v) is 9.85.